The Kier molecular flexibility index (Phi) is 6.55. The Labute approximate surface area is 117 Å². The van der Waals surface area contributed by atoms with Crippen molar-refractivity contribution in [3.05, 3.63) is 33.4 Å². The molecule has 94 valence electrons. The van der Waals surface area contributed by atoms with Gasteiger partial charge in [-0.15, -0.1) is 0 Å². The van der Waals surface area contributed by atoms with Gasteiger partial charge in [-0.25, -0.2) is 0 Å². The number of hydrogen-bond donors (Lipinski definition) is 1. The molecule has 0 bridgehead atoms. The summed E-state index contributed by atoms with van der Waals surface area (Å²) in [7, 11) is 0. The van der Waals surface area contributed by atoms with Crippen molar-refractivity contribution in [2.45, 2.75) is 45.6 Å². The van der Waals surface area contributed by atoms with E-state index >= 15 is 0 Å². The molecule has 0 aromatic heterocycles. The van der Waals surface area contributed by atoms with E-state index in [0.717, 1.165) is 15.6 Å². The van der Waals surface area contributed by atoms with Gasteiger partial charge in [-0.3, -0.25) is 4.79 Å². The summed E-state index contributed by atoms with van der Waals surface area (Å²) in [6, 6.07) is 7.91. The number of halogens is 1. The highest BCUT2D eigenvalue weighted by atomic mass is 127. The maximum Gasteiger partial charge on any atom is 0.251 e. The molecule has 2 nitrogen and oxygen atoms in total. The summed E-state index contributed by atoms with van der Waals surface area (Å²) < 4.78 is 1.15. The van der Waals surface area contributed by atoms with Crippen molar-refractivity contribution >= 4 is 28.5 Å². The second-order valence-corrected chi connectivity index (χ2v) is 5.62. The van der Waals surface area contributed by atoms with Gasteiger partial charge in [0.1, 0.15) is 0 Å². The zero-order chi connectivity index (χ0) is 12.7. The highest BCUT2D eigenvalue weighted by molar-refractivity contribution is 14.1. The Balaban J connectivity index is 2.40. The first kappa shape index (κ1) is 14.5. The van der Waals surface area contributed by atoms with E-state index in [1.54, 1.807) is 0 Å². The molecule has 1 unspecified atom stereocenters. The Morgan fingerprint density at radius 2 is 1.94 bits per heavy atom. The van der Waals surface area contributed by atoms with Crippen molar-refractivity contribution < 1.29 is 4.79 Å². The van der Waals surface area contributed by atoms with Gasteiger partial charge in [-0.2, -0.15) is 0 Å². The predicted molar refractivity (Wildman–Crippen MR) is 80.2 cm³/mol. The van der Waals surface area contributed by atoms with Crippen molar-refractivity contribution in [2.75, 3.05) is 0 Å². The van der Waals surface area contributed by atoms with Gasteiger partial charge in [0.25, 0.3) is 5.91 Å². The zero-order valence-corrected chi connectivity index (χ0v) is 12.7. The average Bonchev–Trinajstić information content (AvgIpc) is 2.30. The van der Waals surface area contributed by atoms with Crippen LogP contribution in [0.3, 0.4) is 0 Å². The standard InChI is InChI=1S/C14H20INO/c1-3-4-5-6-11(2)16-14(17)12-7-9-13(15)10-8-12/h7-11H,3-6H2,1-2H3,(H,16,17). The molecule has 0 heterocycles. The van der Waals surface area contributed by atoms with E-state index in [4.69, 9.17) is 0 Å². The van der Waals surface area contributed by atoms with Gasteiger partial charge in [-0.1, -0.05) is 26.2 Å². The number of carbonyl (C=O) groups is 1. The van der Waals surface area contributed by atoms with Crippen LogP contribution in [0.25, 0.3) is 0 Å². The molecule has 1 atom stereocenters. The van der Waals surface area contributed by atoms with E-state index in [1.807, 2.05) is 24.3 Å². The molecule has 0 aliphatic carbocycles. The van der Waals surface area contributed by atoms with Crippen LogP contribution in [-0.4, -0.2) is 11.9 Å². The van der Waals surface area contributed by atoms with E-state index in [0.29, 0.717) is 0 Å². The molecule has 0 saturated heterocycles. The Hall–Kier alpha value is -0.580. The second-order valence-electron chi connectivity index (χ2n) is 4.38. The SMILES string of the molecule is CCCCCC(C)NC(=O)c1ccc(I)cc1. The van der Waals surface area contributed by atoms with E-state index in [9.17, 15) is 4.79 Å². The lowest BCUT2D eigenvalue weighted by atomic mass is 10.1. The van der Waals surface area contributed by atoms with Gasteiger partial charge in [0.2, 0.25) is 0 Å². The molecule has 1 amide bonds. The van der Waals surface area contributed by atoms with E-state index < -0.39 is 0 Å². The van der Waals surface area contributed by atoms with Crippen LogP contribution < -0.4 is 5.32 Å². The fourth-order valence-electron chi connectivity index (χ4n) is 1.68. The van der Waals surface area contributed by atoms with Crippen molar-refractivity contribution in [1.29, 1.82) is 0 Å². The van der Waals surface area contributed by atoms with Crippen LogP contribution in [0, 0.1) is 3.57 Å². The quantitative estimate of drug-likeness (QED) is 0.613. The van der Waals surface area contributed by atoms with Crippen LogP contribution in [0.5, 0.6) is 0 Å². The molecular formula is C14H20INO. The lowest BCUT2D eigenvalue weighted by molar-refractivity contribution is 0.0938. The number of nitrogens with one attached hydrogen (secondary N) is 1. The predicted octanol–water partition coefficient (Wildman–Crippen LogP) is 3.99. The van der Waals surface area contributed by atoms with Gasteiger partial charge in [-0.05, 0) is 60.2 Å². The minimum Gasteiger partial charge on any atom is -0.350 e. The van der Waals surface area contributed by atoms with Crippen molar-refractivity contribution in [2.24, 2.45) is 0 Å². The number of amides is 1. The fourth-order valence-corrected chi connectivity index (χ4v) is 2.04. The molecule has 0 aliphatic rings. The largest absolute Gasteiger partial charge is 0.350 e. The monoisotopic (exact) mass is 345 g/mol. The van der Waals surface area contributed by atoms with Crippen LogP contribution in [0.2, 0.25) is 0 Å². The smallest absolute Gasteiger partial charge is 0.251 e. The van der Waals surface area contributed by atoms with E-state index in [-0.39, 0.29) is 11.9 Å². The number of unbranched alkanes of at least 4 members (excludes halogenated alkanes) is 2. The summed E-state index contributed by atoms with van der Waals surface area (Å²) >= 11 is 2.24. The Bertz CT molecular complexity index is 348. The lowest BCUT2D eigenvalue weighted by Gasteiger charge is -2.13. The highest BCUT2D eigenvalue weighted by Crippen LogP contribution is 2.08. The van der Waals surface area contributed by atoms with Crippen LogP contribution in [0.4, 0.5) is 0 Å². The first-order valence-corrected chi connectivity index (χ1v) is 7.27. The van der Waals surface area contributed by atoms with Crippen LogP contribution in [0.15, 0.2) is 24.3 Å². The number of carbonyl (C=O) groups excluding carboxylic acids is 1. The molecule has 3 heteroatoms. The summed E-state index contributed by atoms with van der Waals surface area (Å²) in [5.74, 6) is 0.0328. The molecule has 1 aromatic rings. The third-order valence-corrected chi connectivity index (χ3v) is 3.44. The van der Waals surface area contributed by atoms with Crippen LogP contribution in [0.1, 0.15) is 49.9 Å². The lowest BCUT2D eigenvalue weighted by Crippen LogP contribution is -2.32. The van der Waals surface area contributed by atoms with Crippen molar-refractivity contribution in [1.82, 2.24) is 5.32 Å². The van der Waals surface area contributed by atoms with Gasteiger partial charge < -0.3 is 5.32 Å². The average molecular weight is 345 g/mol. The fraction of sp³-hybridized carbons (Fsp3) is 0.500. The minimum absolute atomic E-state index is 0.0328. The number of hydrogen-bond acceptors (Lipinski definition) is 1. The van der Waals surface area contributed by atoms with Crippen LogP contribution in [-0.2, 0) is 0 Å². The molecule has 1 N–H and O–H groups in total. The number of benzene rings is 1. The molecule has 0 saturated carbocycles. The highest BCUT2D eigenvalue weighted by Gasteiger charge is 2.08. The maximum absolute atomic E-state index is 11.9. The zero-order valence-electron chi connectivity index (χ0n) is 10.5. The van der Waals surface area contributed by atoms with Gasteiger partial charge in [0.05, 0.1) is 0 Å². The van der Waals surface area contributed by atoms with Gasteiger partial charge in [0.15, 0.2) is 0 Å². The third kappa shape index (κ3) is 5.52. The topological polar surface area (TPSA) is 29.1 Å². The van der Waals surface area contributed by atoms with Crippen molar-refractivity contribution in [3.8, 4) is 0 Å². The first-order valence-electron chi connectivity index (χ1n) is 6.20. The molecule has 0 fully saturated rings. The van der Waals surface area contributed by atoms with Gasteiger partial charge >= 0.3 is 0 Å². The normalized spacial score (nSPS) is 12.2. The molecule has 1 rings (SSSR count). The molecular weight excluding hydrogens is 325 g/mol. The van der Waals surface area contributed by atoms with Crippen molar-refractivity contribution in [3.63, 3.8) is 0 Å². The summed E-state index contributed by atoms with van der Waals surface area (Å²) in [6.07, 6.45) is 4.70. The molecule has 0 spiro atoms. The summed E-state index contributed by atoms with van der Waals surface area (Å²) in [5.41, 5.74) is 0.743. The summed E-state index contributed by atoms with van der Waals surface area (Å²) in [6.45, 7) is 4.26. The van der Waals surface area contributed by atoms with E-state index in [2.05, 4.69) is 41.8 Å². The van der Waals surface area contributed by atoms with Gasteiger partial charge in [0, 0.05) is 15.2 Å². The Morgan fingerprint density at radius 1 is 1.29 bits per heavy atom. The molecule has 1 aromatic carbocycles. The van der Waals surface area contributed by atoms with Crippen LogP contribution >= 0.6 is 22.6 Å². The summed E-state index contributed by atoms with van der Waals surface area (Å²) in [4.78, 5) is 11.9. The summed E-state index contributed by atoms with van der Waals surface area (Å²) in [5, 5.41) is 3.03. The minimum atomic E-state index is 0.0328. The molecule has 0 aliphatic heterocycles. The Morgan fingerprint density at radius 3 is 2.53 bits per heavy atom. The molecule has 0 radical (unpaired) electrons. The maximum atomic E-state index is 11.9. The molecule has 17 heavy (non-hydrogen) atoms. The second kappa shape index (κ2) is 7.69. The van der Waals surface area contributed by atoms with E-state index in [1.165, 1.54) is 19.3 Å². The third-order valence-electron chi connectivity index (χ3n) is 2.72. The first-order chi connectivity index (χ1) is 8.13. The number of rotatable bonds is 6.